The summed E-state index contributed by atoms with van der Waals surface area (Å²) in [5.41, 5.74) is 7.84. The lowest BCUT2D eigenvalue weighted by molar-refractivity contribution is 0.276. The maximum absolute atomic E-state index is 8.81. The number of para-hydroxylation sites is 1. The Bertz CT molecular complexity index is 461. The molecule has 3 N–H and O–H groups in total. The first-order chi connectivity index (χ1) is 7.31. The number of nitrogens with zero attached hydrogens (tertiary/aromatic N) is 1. The Labute approximate surface area is 101 Å². The predicted octanol–water partition coefficient (Wildman–Crippen LogP) is 2.04. The first-order valence-corrected chi connectivity index (χ1v) is 5.02. The molecule has 1 atom stereocenters. The number of aromatic nitrogens is 1. The van der Waals surface area contributed by atoms with Crippen LogP contribution in [-0.2, 0) is 0 Å². The molecule has 0 aliphatic carbocycles. The number of hydrogen-bond acceptors (Lipinski definition) is 3. The highest BCUT2D eigenvalue weighted by molar-refractivity contribution is 5.85. The van der Waals surface area contributed by atoms with E-state index in [-0.39, 0.29) is 25.1 Å². The van der Waals surface area contributed by atoms with Crippen LogP contribution >= 0.6 is 12.4 Å². The van der Waals surface area contributed by atoms with Crippen LogP contribution in [-0.4, -0.2) is 16.7 Å². The van der Waals surface area contributed by atoms with E-state index in [1.807, 2.05) is 30.3 Å². The lowest BCUT2D eigenvalue weighted by atomic mass is 10.1. The minimum Gasteiger partial charge on any atom is -0.396 e. The third-order valence-corrected chi connectivity index (χ3v) is 2.48. The van der Waals surface area contributed by atoms with Crippen LogP contribution in [0.25, 0.3) is 10.9 Å². The molecule has 0 spiro atoms. The van der Waals surface area contributed by atoms with Gasteiger partial charge in [0.05, 0.1) is 5.52 Å². The summed E-state index contributed by atoms with van der Waals surface area (Å²) >= 11 is 0. The summed E-state index contributed by atoms with van der Waals surface area (Å²) in [4.78, 5) is 4.32. The maximum atomic E-state index is 8.81. The van der Waals surface area contributed by atoms with Crippen LogP contribution in [0.1, 0.15) is 18.0 Å². The van der Waals surface area contributed by atoms with E-state index in [1.165, 1.54) is 0 Å². The fourth-order valence-electron chi connectivity index (χ4n) is 1.60. The molecule has 4 heteroatoms. The molecule has 2 aromatic rings. The van der Waals surface area contributed by atoms with E-state index in [9.17, 15) is 0 Å². The standard InChI is InChI=1S/C12H14N2O.ClH/c13-11(5-6-15)10-7-9-3-1-2-4-12(9)14-8-10;/h1-4,7-8,11,15H,5-6,13H2;1H. The highest BCUT2D eigenvalue weighted by atomic mass is 35.5. The predicted molar refractivity (Wildman–Crippen MR) is 67.6 cm³/mol. The minimum absolute atomic E-state index is 0. The van der Waals surface area contributed by atoms with Crippen molar-refractivity contribution >= 4 is 23.3 Å². The molecule has 1 aromatic heterocycles. The molecule has 1 heterocycles. The number of nitrogens with two attached hydrogens (primary N) is 1. The molecule has 2 rings (SSSR count). The number of aliphatic hydroxyl groups excluding tert-OH is 1. The molecule has 0 amide bonds. The fraction of sp³-hybridized carbons (Fsp3) is 0.250. The van der Waals surface area contributed by atoms with Crippen LogP contribution in [0.2, 0.25) is 0 Å². The van der Waals surface area contributed by atoms with Crippen molar-refractivity contribution in [2.45, 2.75) is 12.5 Å². The summed E-state index contributed by atoms with van der Waals surface area (Å²) in [6.07, 6.45) is 2.35. The van der Waals surface area contributed by atoms with Crippen molar-refractivity contribution in [3.63, 3.8) is 0 Å². The molecule has 16 heavy (non-hydrogen) atoms. The second-order valence-corrected chi connectivity index (χ2v) is 3.58. The van der Waals surface area contributed by atoms with Crippen molar-refractivity contribution in [1.29, 1.82) is 0 Å². The molecule has 0 radical (unpaired) electrons. The molecular formula is C12H15ClN2O. The Morgan fingerprint density at radius 1 is 1.31 bits per heavy atom. The van der Waals surface area contributed by atoms with Crippen LogP contribution in [0, 0.1) is 0 Å². The molecule has 1 unspecified atom stereocenters. The molecule has 86 valence electrons. The zero-order valence-corrected chi connectivity index (χ0v) is 9.65. The highest BCUT2D eigenvalue weighted by Crippen LogP contribution is 2.18. The van der Waals surface area contributed by atoms with Gasteiger partial charge < -0.3 is 10.8 Å². The van der Waals surface area contributed by atoms with Gasteiger partial charge in [-0.2, -0.15) is 0 Å². The summed E-state index contributed by atoms with van der Waals surface area (Å²) in [6.45, 7) is 0.105. The summed E-state index contributed by atoms with van der Waals surface area (Å²) in [6, 6.07) is 9.82. The van der Waals surface area contributed by atoms with E-state index in [0.717, 1.165) is 16.5 Å². The smallest absolute Gasteiger partial charge is 0.0702 e. The number of pyridine rings is 1. The third kappa shape index (κ3) is 2.70. The SMILES string of the molecule is Cl.NC(CCO)c1cnc2ccccc2c1. The topological polar surface area (TPSA) is 59.1 Å². The van der Waals surface area contributed by atoms with E-state index < -0.39 is 0 Å². The first-order valence-electron chi connectivity index (χ1n) is 5.02. The van der Waals surface area contributed by atoms with Gasteiger partial charge in [0, 0.05) is 24.2 Å². The van der Waals surface area contributed by atoms with Crippen LogP contribution in [0.3, 0.4) is 0 Å². The Morgan fingerprint density at radius 3 is 2.81 bits per heavy atom. The van der Waals surface area contributed by atoms with Crippen molar-refractivity contribution in [3.8, 4) is 0 Å². The van der Waals surface area contributed by atoms with Crippen molar-refractivity contribution in [1.82, 2.24) is 4.98 Å². The van der Waals surface area contributed by atoms with E-state index in [0.29, 0.717) is 6.42 Å². The van der Waals surface area contributed by atoms with E-state index in [2.05, 4.69) is 4.98 Å². The van der Waals surface area contributed by atoms with Gasteiger partial charge in [0.2, 0.25) is 0 Å². The second kappa shape index (κ2) is 5.80. The second-order valence-electron chi connectivity index (χ2n) is 3.58. The van der Waals surface area contributed by atoms with E-state index in [1.54, 1.807) is 6.20 Å². The Balaban J connectivity index is 0.00000128. The Morgan fingerprint density at radius 2 is 2.06 bits per heavy atom. The van der Waals surface area contributed by atoms with Gasteiger partial charge >= 0.3 is 0 Å². The van der Waals surface area contributed by atoms with Gasteiger partial charge in [-0.25, -0.2) is 0 Å². The lowest BCUT2D eigenvalue weighted by Crippen LogP contribution is -2.12. The van der Waals surface area contributed by atoms with Gasteiger partial charge in [-0.1, -0.05) is 18.2 Å². The summed E-state index contributed by atoms with van der Waals surface area (Å²) < 4.78 is 0. The number of benzene rings is 1. The van der Waals surface area contributed by atoms with E-state index in [4.69, 9.17) is 10.8 Å². The summed E-state index contributed by atoms with van der Waals surface area (Å²) in [7, 11) is 0. The van der Waals surface area contributed by atoms with Crippen LogP contribution in [0.5, 0.6) is 0 Å². The number of fused-ring (bicyclic) bond motifs is 1. The minimum atomic E-state index is -0.132. The van der Waals surface area contributed by atoms with Gasteiger partial charge in [0.1, 0.15) is 0 Å². The van der Waals surface area contributed by atoms with Crippen molar-refractivity contribution in [3.05, 3.63) is 42.1 Å². The van der Waals surface area contributed by atoms with Crippen LogP contribution in [0.15, 0.2) is 36.5 Å². The number of halogens is 1. The molecule has 0 bridgehead atoms. The molecule has 0 saturated heterocycles. The van der Waals surface area contributed by atoms with Crippen LogP contribution in [0.4, 0.5) is 0 Å². The van der Waals surface area contributed by atoms with Crippen molar-refractivity contribution in [2.24, 2.45) is 5.73 Å². The molecule has 0 aliphatic heterocycles. The van der Waals surface area contributed by atoms with Gasteiger partial charge in [-0.3, -0.25) is 4.98 Å². The monoisotopic (exact) mass is 238 g/mol. The highest BCUT2D eigenvalue weighted by Gasteiger charge is 2.06. The molecule has 0 saturated carbocycles. The Hall–Kier alpha value is -1.16. The van der Waals surface area contributed by atoms with Crippen molar-refractivity contribution in [2.75, 3.05) is 6.61 Å². The average Bonchev–Trinajstić information content (AvgIpc) is 2.29. The molecule has 3 nitrogen and oxygen atoms in total. The zero-order chi connectivity index (χ0) is 10.7. The van der Waals surface area contributed by atoms with Gasteiger partial charge in [-0.15, -0.1) is 12.4 Å². The number of rotatable bonds is 3. The largest absolute Gasteiger partial charge is 0.396 e. The summed E-state index contributed by atoms with van der Waals surface area (Å²) in [5, 5.41) is 9.90. The molecule has 1 aromatic carbocycles. The lowest BCUT2D eigenvalue weighted by Gasteiger charge is -2.10. The normalized spacial score (nSPS) is 12.1. The van der Waals surface area contributed by atoms with Gasteiger partial charge in [0.15, 0.2) is 0 Å². The van der Waals surface area contributed by atoms with Crippen LogP contribution < -0.4 is 5.73 Å². The van der Waals surface area contributed by atoms with Crippen molar-refractivity contribution < 1.29 is 5.11 Å². The average molecular weight is 239 g/mol. The molecule has 0 fully saturated rings. The molecule has 0 aliphatic rings. The molecular weight excluding hydrogens is 224 g/mol. The number of hydrogen-bond donors (Lipinski definition) is 2. The van der Waals surface area contributed by atoms with Gasteiger partial charge in [0.25, 0.3) is 0 Å². The number of aliphatic hydroxyl groups is 1. The third-order valence-electron chi connectivity index (χ3n) is 2.48. The van der Waals surface area contributed by atoms with E-state index >= 15 is 0 Å². The fourth-order valence-corrected chi connectivity index (χ4v) is 1.60. The first kappa shape index (κ1) is 12.9. The maximum Gasteiger partial charge on any atom is 0.0702 e. The summed E-state index contributed by atoms with van der Waals surface area (Å²) in [5.74, 6) is 0. The zero-order valence-electron chi connectivity index (χ0n) is 8.84. The quantitative estimate of drug-likeness (QED) is 0.860. The van der Waals surface area contributed by atoms with Gasteiger partial charge in [-0.05, 0) is 24.1 Å². The Kier molecular flexibility index (Phi) is 4.68.